The van der Waals surface area contributed by atoms with E-state index in [1.807, 2.05) is 6.92 Å². The van der Waals surface area contributed by atoms with Crippen LogP contribution in [0.1, 0.15) is 26.2 Å². The summed E-state index contributed by atoms with van der Waals surface area (Å²) in [6, 6.07) is 2.43. The van der Waals surface area contributed by atoms with E-state index >= 15 is 0 Å². The van der Waals surface area contributed by atoms with E-state index in [4.69, 9.17) is 0 Å². The van der Waals surface area contributed by atoms with Crippen LogP contribution >= 0.6 is 23.3 Å². The van der Waals surface area contributed by atoms with Crippen molar-refractivity contribution < 1.29 is 0 Å². The molecule has 1 aliphatic rings. The summed E-state index contributed by atoms with van der Waals surface area (Å²) in [6.45, 7) is 2.90. The number of aromatic nitrogens is 2. The molecule has 1 N–H and O–H groups in total. The van der Waals surface area contributed by atoms with Crippen LogP contribution in [0.5, 0.6) is 0 Å². The molecule has 1 aromatic rings. The van der Waals surface area contributed by atoms with Gasteiger partial charge in [-0.3, -0.25) is 5.32 Å². The molecule has 16 heavy (non-hydrogen) atoms. The Balaban J connectivity index is 1.95. The normalized spacial score (nSPS) is 29.1. The summed E-state index contributed by atoms with van der Waals surface area (Å²) in [5, 5.41) is 13.0. The number of nitriles is 1. The highest BCUT2D eigenvalue weighted by molar-refractivity contribution is 8.01. The Morgan fingerprint density at radius 3 is 3.31 bits per heavy atom. The molecule has 0 amide bonds. The topological polar surface area (TPSA) is 61.6 Å². The lowest BCUT2D eigenvalue weighted by molar-refractivity contribution is 0.436. The molecular weight excluding hydrogens is 240 g/mol. The maximum atomic E-state index is 9.24. The highest BCUT2D eigenvalue weighted by Crippen LogP contribution is 2.40. The van der Waals surface area contributed by atoms with E-state index in [2.05, 4.69) is 20.7 Å². The van der Waals surface area contributed by atoms with E-state index in [0.29, 0.717) is 5.25 Å². The van der Waals surface area contributed by atoms with E-state index in [9.17, 15) is 5.26 Å². The predicted molar refractivity (Wildman–Crippen MR) is 65.4 cm³/mol. The van der Waals surface area contributed by atoms with Gasteiger partial charge in [-0.15, -0.1) is 0 Å². The Morgan fingerprint density at radius 1 is 1.81 bits per heavy atom. The van der Waals surface area contributed by atoms with Crippen molar-refractivity contribution in [1.29, 1.82) is 5.26 Å². The third-order valence-electron chi connectivity index (χ3n) is 2.81. The summed E-state index contributed by atoms with van der Waals surface area (Å²) >= 11 is 3.18. The second kappa shape index (κ2) is 5.13. The molecule has 6 heteroatoms. The summed E-state index contributed by atoms with van der Waals surface area (Å²) in [5.41, 5.74) is -0.308. The Kier molecular flexibility index (Phi) is 3.79. The molecule has 1 aliphatic carbocycles. The van der Waals surface area contributed by atoms with Crippen molar-refractivity contribution in [2.45, 2.75) is 41.3 Å². The Hall–Kier alpha value is -0.640. The van der Waals surface area contributed by atoms with Crippen LogP contribution in [0.4, 0.5) is 0 Å². The van der Waals surface area contributed by atoms with Gasteiger partial charge in [0.05, 0.1) is 6.07 Å². The third kappa shape index (κ3) is 2.54. The number of nitrogens with one attached hydrogen (secondary N) is 1. The quantitative estimate of drug-likeness (QED) is 0.891. The van der Waals surface area contributed by atoms with Gasteiger partial charge < -0.3 is 0 Å². The summed E-state index contributed by atoms with van der Waals surface area (Å²) in [5.74, 6) is 0. The van der Waals surface area contributed by atoms with Gasteiger partial charge in [-0.2, -0.15) is 9.64 Å². The first-order valence-electron chi connectivity index (χ1n) is 5.37. The maximum Gasteiger partial charge on any atom is 0.170 e. The van der Waals surface area contributed by atoms with Crippen molar-refractivity contribution in [3.63, 3.8) is 0 Å². The molecule has 1 heterocycles. The van der Waals surface area contributed by atoms with Crippen LogP contribution < -0.4 is 5.32 Å². The van der Waals surface area contributed by atoms with Crippen LogP contribution in [0, 0.1) is 11.3 Å². The zero-order valence-electron chi connectivity index (χ0n) is 9.14. The van der Waals surface area contributed by atoms with Gasteiger partial charge in [-0.1, -0.05) is 18.7 Å². The molecule has 0 bridgehead atoms. The van der Waals surface area contributed by atoms with Gasteiger partial charge in [-0.05, 0) is 37.3 Å². The Morgan fingerprint density at radius 2 is 2.69 bits per heavy atom. The predicted octanol–water partition coefficient (Wildman–Crippen LogP) is 2.05. The second-order valence-corrected chi connectivity index (χ2v) is 6.24. The first kappa shape index (κ1) is 11.8. The lowest BCUT2D eigenvalue weighted by Gasteiger charge is -2.21. The number of nitrogens with zero attached hydrogens (tertiary/aromatic N) is 3. The fraction of sp³-hybridized carbons (Fsp3) is 0.700. The summed E-state index contributed by atoms with van der Waals surface area (Å²) < 4.78 is 5.00. The lowest BCUT2D eigenvalue weighted by Crippen LogP contribution is -2.41. The summed E-state index contributed by atoms with van der Waals surface area (Å²) in [4.78, 5) is 4.17. The Bertz CT molecular complexity index is 373. The minimum absolute atomic E-state index is 0.308. The van der Waals surface area contributed by atoms with Crippen molar-refractivity contribution in [2.24, 2.45) is 0 Å². The number of hydrogen-bond acceptors (Lipinski definition) is 6. The molecule has 0 aliphatic heterocycles. The molecule has 4 nitrogen and oxygen atoms in total. The van der Waals surface area contributed by atoms with Crippen LogP contribution in [-0.4, -0.2) is 26.7 Å². The minimum atomic E-state index is -0.308. The van der Waals surface area contributed by atoms with E-state index in [-0.39, 0.29) is 5.54 Å². The van der Waals surface area contributed by atoms with E-state index in [0.717, 1.165) is 30.1 Å². The molecule has 86 valence electrons. The maximum absolute atomic E-state index is 9.24. The first-order valence-corrected chi connectivity index (χ1v) is 7.03. The molecule has 0 spiro atoms. The van der Waals surface area contributed by atoms with Crippen LogP contribution in [0.3, 0.4) is 0 Å². The van der Waals surface area contributed by atoms with Crippen molar-refractivity contribution in [3.8, 4) is 6.07 Å². The number of hydrogen-bond donors (Lipinski definition) is 1. The van der Waals surface area contributed by atoms with Crippen molar-refractivity contribution in [1.82, 2.24) is 14.7 Å². The molecular formula is C10H14N4S2. The van der Waals surface area contributed by atoms with E-state index in [1.54, 1.807) is 18.1 Å². The molecule has 0 aromatic carbocycles. The minimum Gasteiger partial charge on any atom is -0.300 e. The van der Waals surface area contributed by atoms with Gasteiger partial charge in [0.15, 0.2) is 4.34 Å². The zero-order chi connectivity index (χ0) is 11.4. The molecule has 1 aromatic heterocycles. The second-order valence-electron chi connectivity index (χ2n) is 3.91. The molecule has 2 rings (SSSR count). The highest BCUT2D eigenvalue weighted by Gasteiger charge is 2.39. The number of rotatable bonds is 4. The van der Waals surface area contributed by atoms with Gasteiger partial charge >= 0.3 is 0 Å². The average Bonchev–Trinajstić information content (AvgIpc) is 2.90. The monoisotopic (exact) mass is 254 g/mol. The molecule has 0 saturated heterocycles. The van der Waals surface area contributed by atoms with Crippen LogP contribution in [0.15, 0.2) is 10.7 Å². The van der Waals surface area contributed by atoms with E-state index in [1.165, 1.54) is 11.5 Å². The fourth-order valence-corrected chi connectivity index (χ4v) is 4.08. The largest absolute Gasteiger partial charge is 0.300 e. The highest BCUT2D eigenvalue weighted by atomic mass is 32.2. The number of thioether (sulfide) groups is 1. The molecule has 0 radical (unpaired) electrons. The average molecular weight is 254 g/mol. The van der Waals surface area contributed by atoms with Gasteiger partial charge in [0.1, 0.15) is 11.9 Å². The lowest BCUT2D eigenvalue weighted by atomic mass is 10.0. The van der Waals surface area contributed by atoms with Crippen molar-refractivity contribution in [3.05, 3.63) is 6.33 Å². The summed E-state index contributed by atoms with van der Waals surface area (Å²) in [7, 11) is 0. The smallest absolute Gasteiger partial charge is 0.170 e. The third-order valence-corrected chi connectivity index (χ3v) is 4.82. The summed E-state index contributed by atoms with van der Waals surface area (Å²) in [6.07, 6.45) is 4.50. The molecule has 1 saturated carbocycles. The first-order chi connectivity index (χ1) is 7.78. The molecule has 2 atom stereocenters. The Labute approximate surface area is 104 Å². The fourth-order valence-electron chi connectivity index (χ4n) is 2.10. The zero-order valence-corrected chi connectivity index (χ0v) is 10.8. The molecule has 1 fully saturated rings. The SMILES string of the molecule is CCNC1(C#N)CCC(Sc2ncns2)C1. The van der Waals surface area contributed by atoms with E-state index < -0.39 is 0 Å². The van der Waals surface area contributed by atoms with Gasteiger partial charge in [0.25, 0.3) is 0 Å². The van der Waals surface area contributed by atoms with Crippen LogP contribution in [0.25, 0.3) is 0 Å². The van der Waals surface area contributed by atoms with Gasteiger partial charge in [0, 0.05) is 5.25 Å². The standard InChI is InChI=1S/C10H14N4S2/c1-2-13-10(6-11)4-3-8(5-10)15-9-12-7-14-16-9/h7-8,13H,2-5H2,1H3. The van der Waals surface area contributed by atoms with Gasteiger partial charge in [-0.25, -0.2) is 4.98 Å². The molecule has 2 unspecified atom stereocenters. The van der Waals surface area contributed by atoms with Crippen molar-refractivity contribution in [2.75, 3.05) is 6.54 Å². The van der Waals surface area contributed by atoms with Gasteiger partial charge in [0.2, 0.25) is 0 Å². The van der Waals surface area contributed by atoms with Crippen LogP contribution in [0.2, 0.25) is 0 Å². The van der Waals surface area contributed by atoms with Crippen molar-refractivity contribution >= 4 is 23.3 Å². The van der Waals surface area contributed by atoms with Crippen LogP contribution in [-0.2, 0) is 0 Å².